The molecule has 0 spiro atoms. The highest BCUT2D eigenvalue weighted by Crippen LogP contribution is 2.20. The molecule has 4 nitrogen and oxygen atoms in total. The van der Waals surface area contributed by atoms with Gasteiger partial charge in [-0.05, 0) is 62.0 Å². The SMILES string of the molecule is O=C(NC(=S)NCCC1=CCCCC1)c1ccccc1OCCc1ccccc1. The summed E-state index contributed by atoms with van der Waals surface area (Å²) >= 11 is 5.29. The quantitative estimate of drug-likeness (QED) is 0.486. The Balaban J connectivity index is 1.47. The number of rotatable bonds is 8. The molecule has 0 aromatic heterocycles. The highest BCUT2D eigenvalue weighted by atomic mass is 32.1. The fraction of sp³-hybridized carbons (Fsp3) is 0.333. The first kappa shape index (κ1) is 21.1. The van der Waals surface area contributed by atoms with Crippen LogP contribution in [0.4, 0.5) is 0 Å². The van der Waals surface area contributed by atoms with Crippen molar-refractivity contribution in [1.82, 2.24) is 10.6 Å². The molecule has 1 aliphatic rings. The van der Waals surface area contributed by atoms with Crippen LogP contribution >= 0.6 is 12.2 Å². The summed E-state index contributed by atoms with van der Waals surface area (Å²) in [5.41, 5.74) is 3.17. The zero-order valence-corrected chi connectivity index (χ0v) is 17.5. The zero-order chi connectivity index (χ0) is 20.3. The van der Waals surface area contributed by atoms with Crippen LogP contribution in [0.25, 0.3) is 0 Å². The molecule has 1 amide bonds. The molecule has 0 unspecified atom stereocenters. The van der Waals surface area contributed by atoms with E-state index in [1.54, 1.807) is 6.07 Å². The van der Waals surface area contributed by atoms with E-state index in [0.717, 1.165) is 19.4 Å². The van der Waals surface area contributed by atoms with Crippen molar-refractivity contribution in [3.05, 3.63) is 77.4 Å². The molecular formula is C24H28N2O2S. The Morgan fingerprint density at radius 2 is 1.79 bits per heavy atom. The molecule has 0 saturated heterocycles. The number of carbonyl (C=O) groups is 1. The zero-order valence-electron chi connectivity index (χ0n) is 16.7. The Hall–Kier alpha value is -2.66. The second kappa shape index (κ2) is 11.4. The van der Waals surface area contributed by atoms with E-state index in [9.17, 15) is 4.79 Å². The molecule has 5 heteroatoms. The largest absolute Gasteiger partial charge is 0.492 e. The Labute approximate surface area is 178 Å². The van der Waals surface area contributed by atoms with Crippen LogP contribution in [0, 0.1) is 0 Å². The first-order valence-electron chi connectivity index (χ1n) is 10.3. The van der Waals surface area contributed by atoms with E-state index in [2.05, 4.69) is 28.8 Å². The molecule has 29 heavy (non-hydrogen) atoms. The lowest BCUT2D eigenvalue weighted by Gasteiger charge is -2.15. The number of carbonyl (C=O) groups excluding carboxylic acids is 1. The second-order valence-electron chi connectivity index (χ2n) is 7.15. The predicted molar refractivity (Wildman–Crippen MR) is 121 cm³/mol. The van der Waals surface area contributed by atoms with E-state index in [-0.39, 0.29) is 5.91 Å². The third-order valence-corrected chi connectivity index (χ3v) is 5.21. The highest BCUT2D eigenvalue weighted by Gasteiger charge is 2.13. The lowest BCUT2D eigenvalue weighted by Crippen LogP contribution is -2.39. The smallest absolute Gasteiger partial charge is 0.261 e. The highest BCUT2D eigenvalue weighted by molar-refractivity contribution is 7.80. The average molecular weight is 409 g/mol. The van der Waals surface area contributed by atoms with Crippen LogP contribution in [0.15, 0.2) is 66.2 Å². The van der Waals surface area contributed by atoms with Gasteiger partial charge in [0.25, 0.3) is 5.91 Å². The van der Waals surface area contributed by atoms with Gasteiger partial charge in [-0.25, -0.2) is 0 Å². The molecule has 0 atom stereocenters. The summed E-state index contributed by atoms with van der Waals surface area (Å²) < 4.78 is 5.87. The molecule has 0 radical (unpaired) electrons. The van der Waals surface area contributed by atoms with E-state index >= 15 is 0 Å². The van der Waals surface area contributed by atoms with Gasteiger partial charge in [0.1, 0.15) is 5.75 Å². The molecule has 0 heterocycles. The van der Waals surface area contributed by atoms with Crippen molar-refractivity contribution >= 4 is 23.2 Å². The molecule has 2 aromatic rings. The maximum Gasteiger partial charge on any atom is 0.261 e. The first-order chi connectivity index (χ1) is 14.2. The lowest BCUT2D eigenvalue weighted by molar-refractivity contribution is 0.0973. The van der Waals surface area contributed by atoms with Gasteiger partial charge in [-0.15, -0.1) is 0 Å². The average Bonchev–Trinajstić information content (AvgIpc) is 2.75. The van der Waals surface area contributed by atoms with Crippen LogP contribution in [0.5, 0.6) is 5.75 Å². The predicted octanol–water partition coefficient (Wildman–Crippen LogP) is 4.80. The van der Waals surface area contributed by atoms with E-state index in [0.29, 0.717) is 23.0 Å². The standard InChI is InChI=1S/C24H28N2O2S/c27-23(26-24(29)25-17-15-19-9-3-1-4-10-19)21-13-7-8-14-22(21)28-18-16-20-11-5-2-6-12-20/h2,5-9,11-14H,1,3-4,10,15-18H2,(H2,25,26,27,29). The van der Waals surface area contributed by atoms with Crippen LogP contribution in [0.2, 0.25) is 0 Å². The van der Waals surface area contributed by atoms with Crippen LogP contribution in [-0.4, -0.2) is 24.2 Å². The van der Waals surface area contributed by atoms with Gasteiger partial charge in [0.05, 0.1) is 12.2 Å². The molecule has 3 rings (SSSR count). The van der Waals surface area contributed by atoms with Crippen LogP contribution < -0.4 is 15.4 Å². The number of thiocarbonyl (C=S) groups is 1. The first-order valence-corrected chi connectivity index (χ1v) is 10.7. The topological polar surface area (TPSA) is 50.4 Å². The summed E-state index contributed by atoms with van der Waals surface area (Å²) in [5.74, 6) is 0.311. The van der Waals surface area contributed by atoms with Crippen LogP contribution in [-0.2, 0) is 6.42 Å². The Morgan fingerprint density at radius 3 is 2.59 bits per heavy atom. The molecule has 2 aromatic carbocycles. The molecular weight excluding hydrogens is 380 g/mol. The van der Waals surface area contributed by atoms with Gasteiger partial charge in [0.2, 0.25) is 0 Å². The van der Waals surface area contributed by atoms with Crippen molar-refractivity contribution in [2.24, 2.45) is 0 Å². The van der Waals surface area contributed by atoms with E-state index in [1.165, 1.54) is 36.8 Å². The molecule has 0 saturated carbocycles. The van der Waals surface area contributed by atoms with Crippen molar-refractivity contribution in [1.29, 1.82) is 0 Å². The van der Waals surface area contributed by atoms with Crippen molar-refractivity contribution in [3.63, 3.8) is 0 Å². The summed E-state index contributed by atoms with van der Waals surface area (Å²) in [5, 5.41) is 6.25. The van der Waals surface area contributed by atoms with E-state index < -0.39 is 0 Å². The third kappa shape index (κ3) is 7.02. The fourth-order valence-electron chi connectivity index (χ4n) is 3.39. The minimum atomic E-state index is -0.255. The number of nitrogens with one attached hydrogen (secondary N) is 2. The normalized spacial score (nSPS) is 13.3. The van der Waals surface area contributed by atoms with Gasteiger partial charge in [0, 0.05) is 13.0 Å². The molecule has 1 aliphatic carbocycles. The van der Waals surface area contributed by atoms with Gasteiger partial charge < -0.3 is 10.1 Å². The fourth-order valence-corrected chi connectivity index (χ4v) is 3.58. The number of hydrogen-bond donors (Lipinski definition) is 2. The van der Waals surface area contributed by atoms with Crippen LogP contribution in [0.1, 0.15) is 48.0 Å². The minimum Gasteiger partial charge on any atom is -0.492 e. The van der Waals surface area contributed by atoms with E-state index in [1.807, 2.05) is 36.4 Å². The summed E-state index contributed by atoms with van der Waals surface area (Å²) in [6.07, 6.45) is 9.00. The molecule has 2 N–H and O–H groups in total. The van der Waals surface area contributed by atoms with Gasteiger partial charge in [-0.1, -0.05) is 54.1 Å². The van der Waals surface area contributed by atoms with Gasteiger partial charge >= 0.3 is 0 Å². The second-order valence-corrected chi connectivity index (χ2v) is 7.56. The van der Waals surface area contributed by atoms with Crippen molar-refractivity contribution in [2.75, 3.05) is 13.2 Å². The number of amides is 1. The Bertz CT molecular complexity index is 849. The Morgan fingerprint density at radius 1 is 1.00 bits per heavy atom. The van der Waals surface area contributed by atoms with Crippen molar-refractivity contribution in [3.8, 4) is 5.75 Å². The summed E-state index contributed by atoms with van der Waals surface area (Å²) in [7, 11) is 0. The molecule has 0 fully saturated rings. The number of para-hydroxylation sites is 1. The summed E-state index contributed by atoms with van der Waals surface area (Å²) in [4.78, 5) is 12.6. The van der Waals surface area contributed by atoms with E-state index in [4.69, 9.17) is 17.0 Å². The van der Waals surface area contributed by atoms with Gasteiger partial charge in [-0.3, -0.25) is 10.1 Å². The lowest BCUT2D eigenvalue weighted by atomic mass is 9.97. The van der Waals surface area contributed by atoms with Gasteiger partial charge in [0.15, 0.2) is 5.11 Å². The maximum atomic E-state index is 12.6. The molecule has 0 aliphatic heterocycles. The summed E-state index contributed by atoms with van der Waals surface area (Å²) in [6, 6.07) is 17.4. The summed E-state index contributed by atoms with van der Waals surface area (Å²) in [6.45, 7) is 1.24. The number of allylic oxidation sites excluding steroid dienone is 1. The van der Waals surface area contributed by atoms with Gasteiger partial charge in [-0.2, -0.15) is 0 Å². The third-order valence-electron chi connectivity index (χ3n) is 4.97. The minimum absolute atomic E-state index is 0.255. The molecule has 152 valence electrons. The number of ether oxygens (including phenoxy) is 1. The number of hydrogen-bond acceptors (Lipinski definition) is 3. The Kier molecular flexibility index (Phi) is 8.25. The van der Waals surface area contributed by atoms with Crippen molar-refractivity contribution in [2.45, 2.75) is 38.5 Å². The monoisotopic (exact) mass is 408 g/mol. The molecule has 0 bridgehead atoms. The van der Waals surface area contributed by atoms with Crippen LogP contribution in [0.3, 0.4) is 0 Å². The maximum absolute atomic E-state index is 12.6. The number of benzene rings is 2. The van der Waals surface area contributed by atoms with Crippen molar-refractivity contribution < 1.29 is 9.53 Å².